The van der Waals surface area contributed by atoms with E-state index in [-0.39, 0.29) is 0 Å². The Bertz CT molecular complexity index is 240. The van der Waals surface area contributed by atoms with Gasteiger partial charge in [-0.15, -0.1) is 0 Å². The van der Waals surface area contributed by atoms with Gasteiger partial charge in [-0.05, 0) is 64.6 Å². The molecule has 2 atom stereocenters. The molecule has 2 aliphatic heterocycles. The minimum atomic E-state index is 0.814. The van der Waals surface area contributed by atoms with Gasteiger partial charge in [-0.1, -0.05) is 39.0 Å². The highest BCUT2D eigenvalue weighted by Crippen LogP contribution is 2.27. The zero-order valence-electron chi connectivity index (χ0n) is 13.9. The van der Waals surface area contributed by atoms with Gasteiger partial charge in [0.25, 0.3) is 0 Å². The van der Waals surface area contributed by atoms with Crippen LogP contribution >= 0.6 is 0 Å². The van der Waals surface area contributed by atoms with Gasteiger partial charge in [0.05, 0.1) is 0 Å². The second-order valence-corrected chi connectivity index (χ2v) is 7.13. The topological polar surface area (TPSA) is 15.3 Å². The molecule has 20 heavy (non-hydrogen) atoms. The number of rotatable bonds is 8. The van der Waals surface area contributed by atoms with Crippen LogP contribution in [-0.4, -0.2) is 36.6 Å². The van der Waals surface area contributed by atoms with Gasteiger partial charge in [0.1, 0.15) is 0 Å². The fourth-order valence-electron chi connectivity index (χ4n) is 4.10. The molecule has 0 aliphatic carbocycles. The first kappa shape index (κ1) is 16.3. The molecule has 2 heteroatoms. The maximum atomic E-state index is 3.71. The van der Waals surface area contributed by atoms with E-state index >= 15 is 0 Å². The van der Waals surface area contributed by atoms with E-state index in [0.29, 0.717) is 0 Å². The fourth-order valence-corrected chi connectivity index (χ4v) is 4.10. The Morgan fingerprint density at radius 1 is 1.05 bits per heavy atom. The lowest BCUT2D eigenvalue weighted by Gasteiger charge is -2.38. The van der Waals surface area contributed by atoms with Crippen molar-refractivity contribution in [2.45, 2.75) is 90.1 Å². The summed E-state index contributed by atoms with van der Waals surface area (Å²) < 4.78 is 0. The van der Waals surface area contributed by atoms with Crippen LogP contribution in [0.15, 0.2) is 0 Å². The zero-order chi connectivity index (χ0) is 14.2. The van der Waals surface area contributed by atoms with Crippen molar-refractivity contribution in [3.05, 3.63) is 0 Å². The molecule has 1 N–H and O–H groups in total. The van der Waals surface area contributed by atoms with Gasteiger partial charge >= 0.3 is 0 Å². The Balaban J connectivity index is 1.57. The summed E-state index contributed by atoms with van der Waals surface area (Å²) in [5.41, 5.74) is 0. The summed E-state index contributed by atoms with van der Waals surface area (Å²) in [5.74, 6) is 0.963. The largest absolute Gasteiger partial charge is 0.314 e. The minimum Gasteiger partial charge on any atom is -0.314 e. The summed E-state index contributed by atoms with van der Waals surface area (Å²) in [6, 6.07) is 1.66. The first-order valence-electron chi connectivity index (χ1n) is 9.28. The molecule has 2 aliphatic rings. The Labute approximate surface area is 126 Å². The molecule has 2 fully saturated rings. The lowest BCUT2D eigenvalue weighted by Crippen LogP contribution is -2.44. The van der Waals surface area contributed by atoms with E-state index in [9.17, 15) is 0 Å². The second-order valence-electron chi connectivity index (χ2n) is 7.13. The summed E-state index contributed by atoms with van der Waals surface area (Å²) in [5, 5.41) is 3.71. The Kier molecular flexibility index (Phi) is 7.37. The van der Waals surface area contributed by atoms with Crippen molar-refractivity contribution in [3.8, 4) is 0 Å². The predicted molar refractivity (Wildman–Crippen MR) is 88.2 cm³/mol. The minimum absolute atomic E-state index is 0.814. The molecule has 0 amide bonds. The fraction of sp³-hybridized carbons (Fsp3) is 1.00. The highest BCUT2D eigenvalue weighted by molar-refractivity contribution is 4.86. The summed E-state index contributed by atoms with van der Waals surface area (Å²) in [6.07, 6.45) is 14.2. The lowest BCUT2D eigenvalue weighted by atomic mass is 9.88. The van der Waals surface area contributed by atoms with Crippen LogP contribution in [0, 0.1) is 5.92 Å². The number of hydrogen-bond acceptors (Lipinski definition) is 2. The molecular formula is C18H36N2. The molecule has 0 bridgehead atoms. The number of nitrogens with one attached hydrogen (secondary N) is 1. The van der Waals surface area contributed by atoms with E-state index in [1.54, 1.807) is 0 Å². The molecule has 0 saturated carbocycles. The van der Waals surface area contributed by atoms with Crippen molar-refractivity contribution in [1.82, 2.24) is 10.2 Å². The maximum absolute atomic E-state index is 3.71. The molecule has 0 spiro atoms. The molecule has 2 unspecified atom stereocenters. The molecule has 2 nitrogen and oxygen atoms in total. The molecule has 2 rings (SSSR count). The van der Waals surface area contributed by atoms with Gasteiger partial charge in [0.2, 0.25) is 0 Å². The lowest BCUT2D eigenvalue weighted by molar-refractivity contribution is 0.120. The molecular weight excluding hydrogens is 244 g/mol. The van der Waals surface area contributed by atoms with Gasteiger partial charge in [-0.2, -0.15) is 0 Å². The SMILES string of the molecule is CCCCCCCC(C)N1CCC(C2CCCN2)CC1. The number of nitrogens with zero attached hydrogens (tertiary/aromatic N) is 1. The van der Waals surface area contributed by atoms with Crippen LogP contribution in [0.2, 0.25) is 0 Å². The Morgan fingerprint density at radius 2 is 1.80 bits per heavy atom. The van der Waals surface area contributed by atoms with Crippen molar-refractivity contribution in [2.24, 2.45) is 5.92 Å². The van der Waals surface area contributed by atoms with E-state index in [2.05, 4.69) is 24.1 Å². The summed E-state index contributed by atoms with van der Waals surface area (Å²) in [4.78, 5) is 2.76. The number of unbranched alkanes of at least 4 members (excludes halogenated alkanes) is 4. The number of hydrogen-bond donors (Lipinski definition) is 1. The third-order valence-corrected chi connectivity index (χ3v) is 5.59. The van der Waals surface area contributed by atoms with Gasteiger partial charge in [-0.25, -0.2) is 0 Å². The third-order valence-electron chi connectivity index (χ3n) is 5.59. The molecule has 0 aromatic rings. The van der Waals surface area contributed by atoms with Crippen LogP contribution in [0.25, 0.3) is 0 Å². The average molecular weight is 280 g/mol. The summed E-state index contributed by atoms with van der Waals surface area (Å²) in [7, 11) is 0. The number of likely N-dealkylation sites (tertiary alicyclic amines) is 1. The van der Waals surface area contributed by atoms with Crippen LogP contribution in [0.1, 0.15) is 78.1 Å². The Hall–Kier alpha value is -0.0800. The van der Waals surface area contributed by atoms with Gasteiger partial charge in [0, 0.05) is 12.1 Å². The molecule has 118 valence electrons. The smallest absolute Gasteiger partial charge is 0.00967 e. The highest BCUT2D eigenvalue weighted by Gasteiger charge is 2.29. The van der Waals surface area contributed by atoms with E-state index in [1.165, 1.54) is 83.8 Å². The van der Waals surface area contributed by atoms with E-state index in [0.717, 1.165) is 18.0 Å². The molecule has 2 saturated heterocycles. The monoisotopic (exact) mass is 280 g/mol. The van der Waals surface area contributed by atoms with Crippen molar-refractivity contribution < 1.29 is 0 Å². The summed E-state index contributed by atoms with van der Waals surface area (Å²) in [6.45, 7) is 8.71. The summed E-state index contributed by atoms with van der Waals surface area (Å²) >= 11 is 0. The molecule has 0 aromatic heterocycles. The van der Waals surface area contributed by atoms with E-state index < -0.39 is 0 Å². The maximum Gasteiger partial charge on any atom is 0.00967 e. The zero-order valence-corrected chi connectivity index (χ0v) is 13.9. The first-order valence-corrected chi connectivity index (χ1v) is 9.28. The standard InChI is InChI=1S/C18H36N2/c1-3-4-5-6-7-9-16(2)20-14-11-17(12-15-20)18-10-8-13-19-18/h16-19H,3-15H2,1-2H3. The third kappa shape index (κ3) is 5.04. The van der Waals surface area contributed by atoms with Crippen molar-refractivity contribution in [1.29, 1.82) is 0 Å². The normalized spacial score (nSPS) is 27.0. The number of piperidine rings is 1. The highest BCUT2D eigenvalue weighted by atomic mass is 15.2. The van der Waals surface area contributed by atoms with Crippen LogP contribution in [0.3, 0.4) is 0 Å². The molecule has 2 heterocycles. The Morgan fingerprint density at radius 3 is 2.45 bits per heavy atom. The van der Waals surface area contributed by atoms with Crippen molar-refractivity contribution >= 4 is 0 Å². The average Bonchev–Trinajstić information content (AvgIpc) is 3.01. The van der Waals surface area contributed by atoms with Crippen LogP contribution in [0.4, 0.5) is 0 Å². The van der Waals surface area contributed by atoms with Gasteiger partial charge in [0.15, 0.2) is 0 Å². The predicted octanol–water partition coefficient (Wildman–Crippen LogP) is 4.20. The van der Waals surface area contributed by atoms with E-state index in [1.807, 2.05) is 0 Å². The first-order chi connectivity index (χ1) is 9.81. The quantitative estimate of drug-likeness (QED) is 0.670. The van der Waals surface area contributed by atoms with Crippen LogP contribution < -0.4 is 5.32 Å². The molecule has 0 aromatic carbocycles. The van der Waals surface area contributed by atoms with Gasteiger partial charge in [-0.3, -0.25) is 0 Å². The van der Waals surface area contributed by atoms with Crippen molar-refractivity contribution in [2.75, 3.05) is 19.6 Å². The van der Waals surface area contributed by atoms with Crippen LogP contribution in [-0.2, 0) is 0 Å². The van der Waals surface area contributed by atoms with Crippen LogP contribution in [0.5, 0.6) is 0 Å². The molecule has 0 radical (unpaired) electrons. The van der Waals surface area contributed by atoms with E-state index in [4.69, 9.17) is 0 Å². The second kappa shape index (κ2) is 9.04. The van der Waals surface area contributed by atoms with Gasteiger partial charge < -0.3 is 10.2 Å². The van der Waals surface area contributed by atoms with Crippen molar-refractivity contribution in [3.63, 3.8) is 0 Å².